The first-order chi connectivity index (χ1) is 5.31. The third kappa shape index (κ3) is 1.68. The first-order valence-electron chi connectivity index (χ1n) is 3.99. The van der Waals surface area contributed by atoms with Crippen LogP contribution in [0.4, 0.5) is 0 Å². The van der Waals surface area contributed by atoms with Gasteiger partial charge in [-0.3, -0.25) is 0 Å². The molecule has 64 valence electrons. The van der Waals surface area contributed by atoms with Crippen LogP contribution in [-0.2, 0) is 9.47 Å². The first kappa shape index (κ1) is 8.22. The van der Waals surface area contributed by atoms with E-state index in [9.17, 15) is 0 Å². The Morgan fingerprint density at radius 1 is 1.27 bits per heavy atom. The largest absolute Gasteiger partial charge is 0.348 e. The molecule has 4 heteroatoms. The lowest BCUT2D eigenvalue weighted by Gasteiger charge is -2.33. The van der Waals surface area contributed by atoms with Crippen LogP contribution in [0.1, 0.15) is 12.8 Å². The Balaban J connectivity index is 1.98. The SMILES string of the molecule is IN1CCC2(C1)OCCCO2. The Morgan fingerprint density at radius 3 is 2.55 bits per heavy atom. The second-order valence-electron chi connectivity index (χ2n) is 3.06. The predicted octanol–water partition coefficient (Wildman–Crippen LogP) is 1.18. The molecule has 11 heavy (non-hydrogen) atoms. The van der Waals surface area contributed by atoms with Crippen molar-refractivity contribution in [2.75, 3.05) is 26.3 Å². The molecule has 2 fully saturated rings. The molecule has 0 aromatic rings. The maximum atomic E-state index is 5.63. The zero-order valence-corrected chi connectivity index (χ0v) is 8.54. The van der Waals surface area contributed by atoms with Crippen LogP contribution in [-0.4, -0.2) is 35.2 Å². The first-order valence-corrected chi connectivity index (χ1v) is 4.96. The Labute approximate surface area is 80.5 Å². The number of rotatable bonds is 0. The molecule has 0 bridgehead atoms. The zero-order valence-electron chi connectivity index (χ0n) is 6.38. The summed E-state index contributed by atoms with van der Waals surface area (Å²) in [5, 5.41) is 0. The lowest BCUT2D eigenvalue weighted by Crippen LogP contribution is -2.41. The molecule has 0 saturated carbocycles. The minimum absolute atomic E-state index is 0.237. The predicted molar refractivity (Wildman–Crippen MR) is 49.5 cm³/mol. The number of hydrogen-bond donors (Lipinski definition) is 0. The molecule has 0 unspecified atom stereocenters. The fraction of sp³-hybridized carbons (Fsp3) is 1.00. The number of halogens is 1. The quantitative estimate of drug-likeness (QED) is 0.487. The molecular weight excluding hydrogens is 257 g/mol. The molecule has 0 radical (unpaired) electrons. The Hall–Kier alpha value is 0.610. The summed E-state index contributed by atoms with van der Waals surface area (Å²) in [6.45, 7) is 3.74. The summed E-state index contributed by atoms with van der Waals surface area (Å²) < 4.78 is 13.5. The van der Waals surface area contributed by atoms with Crippen LogP contribution in [0.15, 0.2) is 0 Å². The van der Waals surface area contributed by atoms with Gasteiger partial charge in [0.25, 0.3) is 0 Å². The van der Waals surface area contributed by atoms with E-state index in [0.717, 1.165) is 39.1 Å². The van der Waals surface area contributed by atoms with Gasteiger partial charge in [0.15, 0.2) is 5.79 Å². The highest BCUT2D eigenvalue weighted by Crippen LogP contribution is 2.31. The molecule has 0 amide bonds. The number of ether oxygens (including phenoxy) is 2. The Kier molecular flexibility index (Phi) is 2.36. The van der Waals surface area contributed by atoms with E-state index in [1.807, 2.05) is 0 Å². The second-order valence-corrected chi connectivity index (χ2v) is 4.42. The molecule has 2 heterocycles. The van der Waals surface area contributed by atoms with E-state index < -0.39 is 0 Å². The van der Waals surface area contributed by atoms with Crippen LogP contribution in [0.5, 0.6) is 0 Å². The van der Waals surface area contributed by atoms with Gasteiger partial charge in [0.05, 0.1) is 19.8 Å². The van der Waals surface area contributed by atoms with Gasteiger partial charge in [-0.15, -0.1) is 0 Å². The van der Waals surface area contributed by atoms with E-state index in [0.29, 0.717) is 0 Å². The van der Waals surface area contributed by atoms with Gasteiger partial charge >= 0.3 is 0 Å². The van der Waals surface area contributed by atoms with Crippen molar-refractivity contribution in [2.24, 2.45) is 0 Å². The van der Waals surface area contributed by atoms with Gasteiger partial charge in [0.1, 0.15) is 0 Å². The Bertz CT molecular complexity index is 142. The summed E-state index contributed by atoms with van der Waals surface area (Å²) in [5.74, 6) is -0.237. The van der Waals surface area contributed by atoms with Crippen molar-refractivity contribution in [3.05, 3.63) is 0 Å². The van der Waals surface area contributed by atoms with Crippen molar-refractivity contribution < 1.29 is 9.47 Å². The molecular formula is C7H12INO2. The van der Waals surface area contributed by atoms with Crippen molar-refractivity contribution in [3.8, 4) is 0 Å². The third-order valence-electron chi connectivity index (χ3n) is 2.17. The Morgan fingerprint density at radius 2 is 2.00 bits per heavy atom. The van der Waals surface area contributed by atoms with E-state index in [4.69, 9.17) is 9.47 Å². The van der Waals surface area contributed by atoms with E-state index in [-0.39, 0.29) is 5.79 Å². The summed E-state index contributed by atoms with van der Waals surface area (Å²) >= 11 is 2.32. The molecule has 2 rings (SSSR count). The highest BCUT2D eigenvalue weighted by atomic mass is 127. The van der Waals surface area contributed by atoms with Crippen molar-refractivity contribution in [2.45, 2.75) is 18.6 Å². The van der Waals surface area contributed by atoms with Crippen LogP contribution < -0.4 is 0 Å². The third-order valence-corrected chi connectivity index (χ3v) is 2.99. The van der Waals surface area contributed by atoms with Gasteiger partial charge in [-0.2, -0.15) is 0 Å². The van der Waals surface area contributed by atoms with E-state index in [1.54, 1.807) is 0 Å². The molecule has 0 aromatic heterocycles. The van der Waals surface area contributed by atoms with Crippen LogP contribution in [0.2, 0.25) is 0 Å². The minimum atomic E-state index is -0.237. The van der Waals surface area contributed by atoms with Crippen molar-refractivity contribution in [1.29, 1.82) is 0 Å². The fourth-order valence-corrected chi connectivity index (χ4v) is 2.32. The fourth-order valence-electron chi connectivity index (χ4n) is 1.56. The van der Waals surface area contributed by atoms with E-state index in [2.05, 4.69) is 26.0 Å². The molecule has 2 aliphatic rings. The highest BCUT2D eigenvalue weighted by molar-refractivity contribution is 14.1. The zero-order chi connectivity index (χ0) is 7.73. The lowest BCUT2D eigenvalue weighted by atomic mass is 10.2. The summed E-state index contributed by atoms with van der Waals surface area (Å²) in [7, 11) is 0. The molecule has 0 N–H and O–H groups in total. The van der Waals surface area contributed by atoms with Crippen LogP contribution in [0.3, 0.4) is 0 Å². The van der Waals surface area contributed by atoms with Gasteiger partial charge in [0.2, 0.25) is 0 Å². The van der Waals surface area contributed by atoms with Gasteiger partial charge in [-0.05, 0) is 6.42 Å². The minimum Gasteiger partial charge on any atom is -0.348 e. The molecule has 2 aliphatic heterocycles. The van der Waals surface area contributed by atoms with E-state index >= 15 is 0 Å². The van der Waals surface area contributed by atoms with Crippen LogP contribution in [0, 0.1) is 0 Å². The summed E-state index contributed by atoms with van der Waals surface area (Å²) in [6, 6.07) is 0. The normalized spacial score (nSPS) is 31.4. The second kappa shape index (κ2) is 3.16. The summed E-state index contributed by atoms with van der Waals surface area (Å²) in [6.07, 6.45) is 2.07. The van der Waals surface area contributed by atoms with Crippen molar-refractivity contribution in [1.82, 2.24) is 3.11 Å². The highest BCUT2D eigenvalue weighted by Gasteiger charge is 2.40. The number of nitrogens with zero attached hydrogens (tertiary/aromatic N) is 1. The maximum absolute atomic E-state index is 5.63. The smallest absolute Gasteiger partial charge is 0.183 e. The lowest BCUT2D eigenvalue weighted by molar-refractivity contribution is -0.255. The number of hydrogen-bond acceptors (Lipinski definition) is 3. The van der Waals surface area contributed by atoms with Crippen molar-refractivity contribution in [3.63, 3.8) is 0 Å². The summed E-state index contributed by atoms with van der Waals surface area (Å²) in [4.78, 5) is 0. The van der Waals surface area contributed by atoms with Crippen LogP contribution in [0.25, 0.3) is 0 Å². The molecule has 2 saturated heterocycles. The topological polar surface area (TPSA) is 21.7 Å². The van der Waals surface area contributed by atoms with Crippen molar-refractivity contribution >= 4 is 22.9 Å². The van der Waals surface area contributed by atoms with Gasteiger partial charge in [0, 0.05) is 35.8 Å². The van der Waals surface area contributed by atoms with E-state index in [1.165, 1.54) is 0 Å². The molecule has 3 nitrogen and oxygen atoms in total. The van der Waals surface area contributed by atoms with Gasteiger partial charge in [-0.25, -0.2) is 3.11 Å². The van der Waals surface area contributed by atoms with Gasteiger partial charge in [-0.1, -0.05) is 0 Å². The summed E-state index contributed by atoms with van der Waals surface area (Å²) in [5.41, 5.74) is 0. The van der Waals surface area contributed by atoms with Gasteiger partial charge < -0.3 is 9.47 Å². The average molecular weight is 269 g/mol. The standard InChI is InChI=1S/C7H12INO2/c8-9-3-2-7(6-9)10-4-1-5-11-7/h1-6H2. The molecule has 0 atom stereocenters. The van der Waals surface area contributed by atoms with Crippen LogP contribution >= 0.6 is 22.9 Å². The molecule has 0 aromatic carbocycles. The molecule has 1 spiro atoms. The monoisotopic (exact) mass is 269 g/mol. The maximum Gasteiger partial charge on any atom is 0.183 e. The average Bonchev–Trinajstić information content (AvgIpc) is 2.34. The molecule has 0 aliphatic carbocycles.